The Morgan fingerprint density at radius 1 is 1.19 bits per heavy atom. The molecular weight excluding hydrogens is 469 g/mol. The predicted molar refractivity (Wildman–Crippen MR) is 138 cm³/mol. The van der Waals surface area contributed by atoms with Gasteiger partial charge in [-0.1, -0.05) is 26.8 Å². The van der Waals surface area contributed by atoms with Crippen LogP contribution < -0.4 is 5.32 Å². The molecule has 0 fully saturated rings. The number of methoxy groups -OCH3 is 2. The molecule has 5 nitrogen and oxygen atoms in total. The molecule has 36 heavy (non-hydrogen) atoms. The number of alkyl halides is 2. The summed E-state index contributed by atoms with van der Waals surface area (Å²) >= 11 is 0. The van der Waals surface area contributed by atoms with E-state index < -0.39 is 23.5 Å². The Hall–Kier alpha value is -1.19. The highest BCUT2D eigenvalue weighted by molar-refractivity contribution is 5.36. The lowest BCUT2D eigenvalue weighted by atomic mass is 9.66. The van der Waals surface area contributed by atoms with Crippen LogP contribution in [-0.4, -0.2) is 82.2 Å². The van der Waals surface area contributed by atoms with Crippen molar-refractivity contribution in [2.24, 2.45) is 11.3 Å². The van der Waals surface area contributed by atoms with E-state index >= 15 is 0 Å². The lowest BCUT2D eigenvalue weighted by Crippen LogP contribution is -2.50. The molecule has 8 heteroatoms. The van der Waals surface area contributed by atoms with E-state index in [0.29, 0.717) is 39.0 Å². The molecule has 0 amide bonds. The summed E-state index contributed by atoms with van der Waals surface area (Å²) in [4.78, 5) is 2.18. The smallest absolute Gasteiger partial charge is 0.240 e. The van der Waals surface area contributed by atoms with Gasteiger partial charge < -0.3 is 24.8 Å². The van der Waals surface area contributed by atoms with E-state index in [2.05, 4.69) is 24.1 Å². The molecule has 0 radical (unpaired) electrons. The van der Waals surface area contributed by atoms with Gasteiger partial charge in [-0.2, -0.15) is 0 Å². The van der Waals surface area contributed by atoms with Gasteiger partial charge >= 0.3 is 0 Å². The molecule has 0 bridgehead atoms. The molecule has 3 unspecified atom stereocenters. The largest absolute Gasteiger partial charge is 0.389 e. The van der Waals surface area contributed by atoms with Gasteiger partial charge in [0.25, 0.3) is 0 Å². The van der Waals surface area contributed by atoms with Crippen LogP contribution in [0.4, 0.5) is 13.2 Å². The number of aryl methyl sites for hydroxylation is 1. The quantitative estimate of drug-likeness (QED) is 0.307. The van der Waals surface area contributed by atoms with Crippen molar-refractivity contribution in [3.8, 4) is 0 Å². The van der Waals surface area contributed by atoms with Crippen LogP contribution in [0.5, 0.6) is 0 Å². The average Bonchev–Trinajstić information content (AvgIpc) is 2.79. The van der Waals surface area contributed by atoms with Crippen LogP contribution in [-0.2, 0) is 15.9 Å². The number of hydrogen-bond acceptors (Lipinski definition) is 5. The summed E-state index contributed by atoms with van der Waals surface area (Å²) < 4.78 is 50.9. The first-order valence-corrected chi connectivity index (χ1v) is 13.1. The van der Waals surface area contributed by atoms with Gasteiger partial charge in [-0.3, -0.25) is 0 Å². The van der Waals surface area contributed by atoms with Crippen molar-refractivity contribution in [2.75, 3.05) is 54.1 Å². The molecule has 1 aromatic rings. The van der Waals surface area contributed by atoms with E-state index in [1.165, 1.54) is 6.07 Å². The number of benzene rings is 1. The summed E-state index contributed by atoms with van der Waals surface area (Å²) in [5.41, 5.74) is 0.675. The van der Waals surface area contributed by atoms with Gasteiger partial charge in [0, 0.05) is 44.6 Å². The lowest BCUT2D eigenvalue weighted by molar-refractivity contribution is -0.0302. The van der Waals surface area contributed by atoms with Crippen molar-refractivity contribution in [1.82, 2.24) is 10.2 Å². The topological polar surface area (TPSA) is 54.0 Å². The molecule has 2 N–H and O–H groups in total. The molecular formula is C28H47F3N2O3. The number of hydrogen-bond donors (Lipinski definition) is 2. The average molecular weight is 517 g/mol. The molecule has 0 saturated carbocycles. The summed E-state index contributed by atoms with van der Waals surface area (Å²) in [7, 11) is 5.17. The van der Waals surface area contributed by atoms with E-state index in [-0.39, 0.29) is 24.1 Å². The third kappa shape index (κ3) is 8.42. The lowest BCUT2D eigenvalue weighted by Gasteiger charge is -2.44. The second-order valence-electron chi connectivity index (χ2n) is 11.2. The van der Waals surface area contributed by atoms with Crippen LogP contribution in [0.2, 0.25) is 0 Å². The Morgan fingerprint density at radius 2 is 1.86 bits per heavy atom. The highest BCUT2D eigenvalue weighted by atomic mass is 19.3. The normalized spacial score (nSPS) is 21.4. The third-order valence-electron chi connectivity index (χ3n) is 7.75. The maximum atomic E-state index is 13.7. The van der Waals surface area contributed by atoms with Crippen molar-refractivity contribution in [1.29, 1.82) is 0 Å². The fraction of sp³-hybridized carbons (Fsp3) is 0.786. The summed E-state index contributed by atoms with van der Waals surface area (Å²) in [5.74, 6) is -0.0313. The number of ether oxygens (including phenoxy) is 2. The van der Waals surface area contributed by atoms with Gasteiger partial charge in [0.2, 0.25) is 6.43 Å². The Balaban J connectivity index is 1.91. The predicted octanol–water partition coefficient (Wildman–Crippen LogP) is 4.87. The maximum Gasteiger partial charge on any atom is 0.240 e. The summed E-state index contributed by atoms with van der Waals surface area (Å²) in [6, 6.07) is 4.51. The van der Waals surface area contributed by atoms with Crippen molar-refractivity contribution < 1.29 is 27.8 Å². The standard InChI is InChI=1S/C28H47F3N2O3/c1-20(2)26-23-9-8-22(29)16-21(23)10-11-28(26,34)12-15-33(4)14-7-13-32-24(17-25(30)31)27(3,18-35-5)19-36-6/h8-9,16,20,24-26,32,34H,7,10-15,17-19H2,1-6H3. The minimum Gasteiger partial charge on any atom is -0.389 e. The van der Waals surface area contributed by atoms with Gasteiger partial charge in [-0.05, 0) is 75.0 Å². The number of nitrogens with zero attached hydrogens (tertiary/aromatic N) is 1. The summed E-state index contributed by atoms with van der Waals surface area (Å²) in [6.45, 7) is 8.90. The number of halogens is 3. The van der Waals surface area contributed by atoms with Crippen LogP contribution in [0.15, 0.2) is 18.2 Å². The third-order valence-corrected chi connectivity index (χ3v) is 7.75. The van der Waals surface area contributed by atoms with Crippen molar-refractivity contribution >= 4 is 0 Å². The molecule has 2 rings (SSSR count). The van der Waals surface area contributed by atoms with Crippen LogP contribution in [0.25, 0.3) is 0 Å². The number of fused-ring (bicyclic) bond motifs is 1. The van der Waals surface area contributed by atoms with Crippen LogP contribution in [0, 0.1) is 17.2 Å². The zero-order valence-corrected chi connectivity index (χ0v) is 23.0. The molecule has 0 spiro atoms. The summed E-state index contributed by atoms with van der Waals surface area (Å²) in [5, 5.41) is 15.0. The first-order valence-electron chi connectivity index (χ1n) is 13.1. The van der Waals surface area contributed by atoms with E-state index in [4.69, 9.17) is 9.47 Å². The van der Waals surface area contributed by atoms with Crippen LogP contribution in [0.3, 0.4) is 0 Å². The van der Waals surface area contributed by atoms with Gasteiger partial charge in [-0.15, -0.1) is 0 Å². The highest BCUT2D eigenvalue weighted by Gasteiger charge is 2.43. The number of rotatable bonds is 16. The van der Waals surface area contributed by atoms with Crippen molar-refractivity contribution in [2.45, 2.75) is 76.9 Å². The molecule has 0 heterocycles. The molecule has 0 aliphatic heterocycles. The zero-order chi connectivity index (χ0) is 26.9. The highest BCUT2D eigenvalue weighted by Crippen LogP contribution is 2.45. The number of aliphatic hydroxyl groups is 1. The minimum atomic E-state index is -2.41. The molecule has 208 valence electrons. The first kappa shape index (κ1) is 31.0. The molecule has 3 atom stereocenters. The van der Waals surface area contributed by atoms with Gasteiger partial charge in [0.15, 0.2) is 0 Å². The second-order valence-corrected chi connectivity index (χ2v) is 11.2. The van der Waals surface area contributed by atoms with E-state index in [1.54, 1.807) is 20.3 Å². The Kier molecular flexibility index (Phi) is 12.2. The SMILES string of the molecule is COCC(C)(COC)C(CC(F)F)NCCCN(C)CCC1(O)CCc2cc(F)ccc2C1C(C)C. The maximum absolute atomic E-state index is 13.7. The van der Waals surface area contributed by atoms with Crippen LogP contribution >= 0.6 is 0 Å². The zero-order valence-electron chi connectivity index (χ0n) is 23.0. The van der Waals surface area contributed by atoms with Crippen molar-refractivity contribution in [3.63, 3.8) is 0 Å². The number of nitrogens with one attached hydrogen (secondary N) is 1. The van der Waals surface area contributed by atoms with Crippen molar-refractivity contribution in [3.05, 3.63) is 35.1 Å². The van der Waals surface area contributed by atoms with E-state index in [9.17, 15) is 18.3 Å². The first-order chi connectivity index (χ1) is 17.0. The molecule has 1 aliphatic rings. The van der Waals surface area contributed by atoms with Gasteiger partial charge in [-0.25, -0.2) is 13.2 Å². The minimum absolute atomic E-state index is 0.0359. The summed E-state index contributed by atoms with van der Waals surface area (Å²) in [6.07, 6.45) is 0.0474. The van der Waals surface area contributed by atoms with E-state index in [1.807, 2.05) is 20.0 Å². The fourth-order valence-electron chi connectivity index (χ4n) is 5.97. The van der Waals surface area contributed by atoms with E-state index in [0.717, 1.165) is 30.6 Å². The molecule has 0 saturated heterocycles. The van der Waals surface area contributed by atoms with Gasteiger partial charge in [0.1, 0.15) is 5.82 Å². The molecule has 0 aromatic heterocycles. The second kappa shape index (κ2) is 14.1. The Labute approximate surface area is 215 Å². The van der Waals surface area contributed by atoms with Gasteiger partial charge in [0.05, 0.1) is 18.8 Å². The Bertz CT molecular complexity index is 789. The molecule has 1 aliphatic carbocycles. The Morgan fingerprint density at radius 3 is 2.44 bits per heavy atom. The fourth-order valence-corrected chi connectivity index (χ4v) is 5.97. The monoisotopic (exact) mass is 516 g/mol. The van der Waals surface area contributed by atoms with Crippen LogP contribution in [0.1, 0.15) is 63.5 Å². The molecule has 1 aromatic carbocycles.